The van der Waals surface area contributed by atoms with Crippen LogP contribution in [0.4, 0.5) is 10.5 Å². The number of hydrogen-bond donors (Lipinski definition) is 1. The lowest BCUT2D eigenvalue weighted by molar-refractivity contribution is -0.0576. The molecule has 2 aromatic carbocycles. The molecule has 2 saturated heterocycles. The highest BCUT2D eigenvalue weighted by atomic mass is 32.3. The first-order chi connectivity index (χ1) is 17.2. The third-order valence-electron chi connectivity index (χ3n) is 6.51. The van der Waals surface area contributed by atoms with Gasteiger partial charge in [-0.25, -0.2) is 4.79 Å². The number of pyridine rings is 1. The number of likely N-dealkylation sites (tertiary alicyclic amines) is 1. The number of aliphatic hydroxyl groups excluding tert-OH is 1. The third kappa shape index (κ3) is 5.06. The molecule has 2 amide bonds. The second kappa shape index (κ2) is 9.75. The molecule has 2 aliphatic rings. The zero-order valence-corrected chi connectivity index (χ0v) is 20.9. The van der Waals surface area contributed by atoms with E-state index >= 15 is 0 Å². The summed E-state index contributed by atoms with van der Waals surface area (Å²) in [6.45, 7) is 4.69. The van der Waals surface area contributed by atoms with Crippen molar-refractivity contribution in [3.05, 3.63) is 71.4 Å². The van der Waals surface area contributed by atoms with E-state index in [9.17, 15) is 18.3 Å². The molecule has 0 spiro atoms. The minimum absolute atomic E-state index is 0.0155. The number of aromatic nitrogens is 1. The van der Waals surface area contributed by atoms with Crippen LogP contribution in [-0.2, 0) is 19.0 Å². The van der Waals surface area contributed by atoms with Gasteiger partial charge in [-0.2, -0.15) is 13.5 Å². The Morgan fingerprint density at radius 1 is 1.06 bits per heavy atom. The number of carbonyl (C=O) groups is 1. The number of benzene rings is 2. The van der Waals surface area contributed by atoms with Crippen molar-refractivity contribution < 1.29 is 26.9 Å². The van der Waals surface area contributed by atoms with Crippen molar-refractivity contribution in [3.8, 4) is 0 Å². The van der Waals surface area contributed by atoms with Crippen molar-refractivity contribution in [3.63, 3.8) is 0 Å². The van der Waals surface area contributed by atoms with Crippen LogP contribution in [0.15, 0.2) is 54.6 Å². The van der Waals surface area contributed by atoms with Crippen LogP contribution >= 0.6 is 0 Å². The normalized spacial score (nSPS) is 22.8. The molecule has 11 heteroatoms. The molecule has 2 aliphatic heterocycles. The Labute approximate surface area is 209 Å². The van der Waals surface area contributed by atoms with Crippen LogP contribution in [0.2, 0.25) is 0 Å². The van der Waals surface area contributed by atoms with Crippen LogP contribution in [0, 0.1) is 13.8 Å². The van der Waals surface area contributed by atoms with Crippen LogP contribution in [0.1, 0.15) is 35.7 Å². The fraction of sp³-hybridized carbons (Fsp3) is 0.360. The number of rotatable bonds is 5. The molecule has 190 valence electrons. The number of urea groups is 1. The zero-order valence-electron chi connectivity index (χ0n) is 20.1. The van der Waals surface area contributed by atoms with Crippen LogP contribution in [0.5, 0.6) is 0 Å². The Morgan fingerprint density at radius 2 is 1.81 bits per heavy atom. The molecule has 0 radical (unpaired) electrons. The average Bonchev–Trinajstić information content (AvgIpc) is 2.84. The molecule has 10 nitrogen and oxygen atoms in total. The van der Waals surface area contributed by atoms with Crippen molar-refractivity contribution >= 4 is 33.0 Å². The molecule has 5 rings (SSSR count). The summed E-state index contributed by atoms with van der Waals surface area (Å²) in [5, 5.41) is 12.4. The van der Waals surface area contributed by atoms with E-state index in [2.05, 4.69) is 9.88 Å². The zero-order chi connectivity index (χ0) is 25.4. The minimum Gasteiger partial charge on any atom is -0.393 e. The summed E-state index contributed by atoms with van der Waals surface area (Å²) in [5.74, 6) is 0. The van der Waals surface area contributed by atoms with Crippen molar-refractivity contribution in [2.45, 2.75) is 38.8 Å². The van der Waals surface area contributed by atoms with E-state index in [4.69, 9.17) is 8.57 Å². The van der Waals surface area contributed by atoms with Crippen LogP contribution in [-0.4, -0.2) is 60.2 Å². The van der Waals surface area contributed by atoms with Gasteiger partial charge in [0.1, 0.15) is 0 Å². The number of amides is 2. The lowest BCUT2D eigenvalue weighted by Gasteiger charge is -2.39. The molecule has 2 fully saturated rings. The fourth-order valence-electron chi connectivity index (χ4n) is 4.73. The molecular weight excluding hydrogens is 484 g/mol. The molecule has 2 unspecified atom stereocenters. The van der Waals surface area contributed by atoms with Crippen molar-refractivity contribution in [2.75, 3.05) is 24.7 Å². The summed E-state index contributed by atoms with van der Waals surface area (Å²) in [6, 6.07) is 16.0. The molecule has 3 heterocycles. The maximum absolute atomic E-state index is 13.3. The number of nitrogens with zero attached hydrogens (tertiary/aromatic N) is 4. The smallest absolute Gasteiger partial charge is 0.393 e. The number of hydroxylamine groups is 3. The van der Waals surface area contributed by atoms with Gasteiger partial charge in [-0.1, -0.05) is 48.0 Å². The van der Waals surface area contributed by atoms with Gasteiger partial charge in [0.2, 0.25) is 0 Å². The first-order valence-electron chi connectivity index (χ1n) is 11.8. The Balaban J connectivity index is 1.39. The van der Waals surface area contributed by atoms with E-state index in [0.717, 1.165) is 21.3 Å². The summed E-state index contributed by atoms with van der Waals surface area (Å²) in [5.41, 5.74) is 3.66. The topological polar surface area (TPSA) is 113 Å². The summed E-state index contributed by atoms with van der Waals surface area (Å²) < 4.78 is 34.9. The molecule has 0 aliphatic carbocycles. The fourth-order valence-corrected chi connectivity index (χ4v) is 5.44. The van der Waals surface area contributed by atoms with E-state index in [1.807, 2.05) is 37.3 Å². The second-order valence-corrected chi connectivity index (χ2v) is 10.3. The van der Waals surface area contributed by atoms with Gasteiger partial charge in [0.25, 0.3) is 0 Å². The first-order valence-corrected chi connectivity index (χ1v) is 13.1. The van der Waals surface area contributed by atoms with E-state index in [1.54, 1.807) is 31.2 Å². The molecule has 1 aromatic heterocycles. The summed E-state index contributed by atoms with van der Waals surface area (Å²) in [4.78, 5) is 19.9. The highest BCUT2D eigenvalue weighted by molar-refractivity contribution is 7.82. The maximum atomic E-state index is 13.3. The SMILES string of the molecule is Cc1ccc(C2CC(O)CCN2CCN2OS(=O)(=O)ON(c3cc(C)nc4ccccc34)C2=O)cc1. The van der Waals surface area contributed by atoms with E-state index in [-0.39, 0.29) is 18.3 Å². The minimum atomic E-state index is -4.52. The molecule has 3 aromatic rings. The summed E-state index contributed by atoms with van der Waals surface area (Å²) >= 11 is 0. The number of carbonyl (C=O) groups excluding carboxylic acids is 1. The van der Waals surface area contributed by atoms with E-state index < -0.39 is 22.5 Å². The Kier molecular flexibility index (Phi) is 6.66. The molecule has 0 saturated carbocycles. The summed E-state index contributed by atoms with van der Waals surface area (Å²) in [7, 11) is -4.52. The molecule has 0 bridgehead atoms. The highest BCUT2D eigenvalue weighted by Crippen LogP contribution is 2.33. The van der Waals surface area contributed by atoms with Gasteiger partial charge in [-0.05, 0) is 44.4 Å². The lowest BCUT2D eigenvalue weighted by Crippen LogP contribution is -2.53. The molecule has 1 N–H and O–H groups in total. The van der Waals surface area contributed by atoms with Gasteiger partial charge < -0.3 is 5.11 Å². The predicted octanol–water partition coefficient (Wildman–Crippen LogP) is 3.40. The number of fused-ring (bicyclic) bond motifs is 1. The Morgan fingerprint density at radius 3 is 2.58 bits per heavy atom. The number of aryl methyl sites for hydroxylation is 2. The monoisotopic (exact) mass is 512 g/mol. The highest BCUT2D eigenvalue weighted by Gasteiger charge is 2.40. The average molecular weight is 513 g/mol. The van der Waals surface area contributed by atoms with Gasteiger partial charge in [-0.3, -0.25) is 9.88 Å². The van der Waals surface area contributed by atoms with Crippen molar-refractivity contribution in [1.82, 2.24) is 14.9 Å². The first kappa shape index (κ1) is 24.6. The molecular formula is C25H28N4O6S. The van der Waals surface area contributed by atoms with Gasteiger partial charge in [0.05, 0.1) is 23.9 Å². The second-order valence-electron chi connectivity index (χ2n) is 9.18. The lowest BCUT2D eigenvalue weighted by atomic mass is 9.93. The number of anilines is 1. The number of piperidine rings is 1. The standard InChI is InChI=1S/C25H28N4O6S/c1-17-7-9-19(10-8-17)23-16-20(30)11-12-27(23)13-14-28-25(31)29(35-36(32,33)34-28)24-15-18(2)26-22-6-4-3-5-21(22)24/h3-10,15,20,23,30H,11-14,16H2,1-2H3. The van der Waals surface area contributed by atoms with Crippen LogP contribution in [0.3, 0.4) is 0 Å². The van der Waals surface area contributed by atoms with Gasteiger partial charge >= 0.3 is 16.4 Å². The van der Waals surface area contributed by atoms with E-state index in [1.165, 1.54) is 0 Å². The quantitative estimate of drug-likeness (QED) is 0.554. The molecule has 36 heavy (non-hydrogen) atoms. The van der Waals surface area contributed by atoms with Crippen molar-refractivity contribution in [1.29, 1.82) is 0 Å². The molecule has 2 atom stereocenters. The van der Waals surface area contributed by atoms with E-state index in [0.29, 0.717) is 42.5 Å². The maximum Gasteiger partial charge on any atom is 0.442 e. The number of hydrogen-bond acceptors (Lipinski definition) is 8. The summed E-state index contributed by atoms with van der Waals surface area (Å²) in [6.07, 6.45) is 0.716. The number of para-hydroxylation sites is 1. The van der Waals surface area contributed by atoms with Gasteiger partial charge in [0.15, 0.2) is 0 Å². The number of aliphatic hydroxyl groups is 1. The van der Waals surface area contributed by atoms with Gasteiger partial charge in [-0.15, -0.1) is 13.6 Å². The van der Waals surface area contributed by atoms with Crippen LogP contribution in [0.25, 0.3) is 10.9 Å². The van der Waals surface area contributed by atoms with Gasteiger partial charge in [0, 0.05) is 30.2 Å². The third-order valence-corrected chi connectivity index (χ3v) is 7.21. The van der Waals surface area contributed by atoms with Crippen molar-refractivity contribution in [2.24, 2.45) is 0 Å². The largest absolute Gasteiger partial charge is 0.442 e. The Bertz CT molecular complexity index is 1380. The van der Waals surface area contributed by atoms with Crippen LogP contribution < -0.4 is 5.06 Å². The predicted molar refractivity (Wildman–Crippen MR) is 133 cm³/mol. The Hall–Kier alpha value is -3.09.